The van der Waals surface area contributed by atoms with Crippen LogP contribution in [0.15, 0.2) is 29.6 Å². The predicted octanol–water partition coefficient (Wildman–Crippen LogP) is 1.25. The average Bonchev–Trinajstić information content (AvgIpc) is 2.67. The number of hydrogen-bond acceptors (Lipinski definition) is 5. The van der Waals surface area contributed by atoms with E-state index in [4.69, 9.17) is 5.11 Å². The maximum Gasteiger partial charge on any atom is 0.357 e. The van der Waals surface area contributed by atoms with Crippen molar-refractivity contribution in [2.75, 3.05) is 11.9 Å². The number of aromatic nitrogens is 1. The number of allylic oxidation sites excluding steroid dienone is 2. The molecular formula is C9H9N3O2S. The van der Waals surface area contributed by atoms with Crippen LogP contribution in [-0.4, -0.2) is 22.6 Å². The number of carbonyl (C=O) groups is 1. The summed E-state index contributed by atoms with van der Waals surface area (Å²) < 4.78 is 0. The Morgan fingerprint density at radius 1 is 1.67 bits per heavy atom. The second-order valence-electron chi connectivity index (χ2n) is 2.89. The highest BCUT2D eigenvalue weighted by Gasteiger charge is 2.14. The van der Waals surface area contributed by atoms with Crippen LogP contribution in [0.3, 0.4) is 0 Å². The maximum absolute atomic E-state index is 10.8. The molecule has 2 heterocycles. The normalized spacial score (nSPS) is 14.3. The third kappa shape index (κ3) is 2.16. The van der Waals surface area contributed by atoms with Crippen LogP contribution in [0.25, 0.3) is 0 Å². The predicted molar refractivity (Wildman–Crippen MR) is 57.9 cm³/mol. The average molecular weight is 223 g/mol. The smallest absolute Gasteiger partial charge is 0.357 e. The standard InChI is InChI=1S/C9H9N3O2S/c13-9(14)7-8(15-5-11-7)12-6-2-1-3-10-4-6/h1-3,5,10,12H,4H2,(H,13,14). The summed E-state index contributed by atoms with van der Waals surface area (Å²) in [7, 11) is 0. The molecule has 0 fully saturated rings. The van der Waals surface area contributed by atoms with E-state index >= 15 is 0 Å². The minimum absolute atomic E-state index is 0.0652. The van der Waals surface area contributed by atoms with Crippen molar-refractivity contribution in [1.82, 2.24) is 10.3 Å². The van der Waals surface area contributed by atoms with Crippen molar-refractivity contribution in [3.63, 3.8) is 0 Å². The number of carboxylic acid groups (broad SMARTS) is 1. The molecule has 15 heavy (non-hydrogen) atoms. The molecule has 0 radical (unpaired) electrons. The van der Waals surface area contributed by atoms with Crippen LogP contribution < -0.4 is 10.6 Å². The van der Waals surface area contributed by atoms with Gasteiger partial charge in [0.2, 0.25) is 0 Å². The largest absolute Gasteiger partial charge is 0.476 e. The van der Waals surface area contributed by atoms with Crippen LogP contribution in [-0.2, 0) is 0 Å². The van der Waals surface area contributed by atoms with E-state index in [1.54, 1.807) is 0 Å². The first-order valence-electron chi connectivity index (χ1n) is 4.30. The zero-order valence-electron chi connectivity index (χ0n) is 7.73. The van der Waals surface area contributed by atoms with Crippen LogP contribution in [0.1, 0.15) is 10.5 Å². The van der Waals surface area contributed by atoms with Crippen molar-refractivity contribution >= 4 is 22.3 Å². The van der Waals surface area contributed by atoms with Crippen LogP contribution >= 0.6 is 11.3 Å². The minimum Gasteiger partial charge on any atom is -0.476 e. The Balaban J connectivity index is 2.16. The number of thiazole rings is 1. The fourth-order valence-electron chi connectivity index (χ4n) is 1.18. The quantitative estimate of drug-likeness (QED) is 0.719. The molecular weight excluding hydrogens is 214 g/mol. The van der Waals surface area contributed by atoms with E-state index in [1.807, 2.05) is 18.4 Å². The zero-order chi connectivity index (χ0) is 10.7. The number of nitrogens with zero attached hydrogens (tertiary/aromatic N) is 1. The first-order chi connectivity index (χ1) is 7.27. The molecule has 0 amide bonds. The summed E-state index contributed by atoms with van der Waals surface area (Å²) in [6.07, 6.45) is 5.57. The highest BCUT2D eigenvalue weighted by atomic mass is 32.1. The van der Waals surface area contributed by atoms with Gasteiger partial charge in [0.25, 0.3) is 0 Å². The fourth-order valence-corrected chi connectivity index (χ4v) is 1.88. The zero-order valence-corrected chi connectivity index (χ0v) is 8.54. The molecule has 0 bridgehead atoms. The Bertz CT molecular complexity index is 436. The summed E-state index contributed by atoms with van der Waals surface area (Å²) in [4.78, 5) is 14.6. The summed E-state index contributed by atoms with van der Waals surface area (Å²) in [5.74, 6) is -1.02. The van der Waals surface area contributed by atoms with Gasteiger partial charge in [-0.15, -0.1) is 11.3 Å². The lowest BCUT2D eigenvalue weighted by Gasteiger charge is -2.12. The van der Waals surface area contributed by atoms with E-state index in [0.29, 0.717) is 11.5 Å². The Morgan fingerprint density at radius 3 is 3.20 bits per heavy atom. The summed E-state index contributed by atoms with van der Waals surface area (Å²) in [6, 6.07) is 0. The van der Waals surface area contributed by atoms with Crippen molar-refractivity contribution < 1.29 is 9.90 Å². The Hall–Kier alpha value is -1.82. The van der Waals surface area contributed by atoms with Crippen molar-refractivity contribution in [2.24, 2.45) is 0 Å². The molecule has 0 saturated heterocycles. The van der Waals surface area contributed by atoms with Crippen molar-refractivity contribution in [1.29, 1.82) is 0 Å². The number of carboxylic acids is 1. The summed E-state index contributed by atoms with van der Waals surface area (Å²) >= 11 is 1.28. The molecule has 0 unspecified atom stereocenters. The van der Waals surface area contributed by atoms with Crippen LogP contribution in [0.4, 0.5) is 5.00 Å². The molecule has 0 aliphatic carbocycles. The van der Waals surface area contributed by atoms with Gasteiger partial charge in [-0.3, -0.25) is 0 Å². The molecule has 1 aliphatic rings. The highest BCUT2D eigenvalue weighted by Crippen LogP contribution is 2.22. The number of hydrogen-bond donors (Lipinski definition) is 3. The summed E-state index contributed by atoms with van der Waals surface area (Å²) in [5.41, 5.74) is 2.50. The second kappa shape index (κ2) is 4.14. The monoisotopic (exact) mass is 223 g/mol. The van der Waals surface area contributed by atoms with E-state index in [1.165, 1.54) is 16.8 Å². The van der Waals surface area contributed by atoms with Crippen molar-refractivity contribution in [2.45, 2.75) is 0 Å². The summed E-state index contributed by atoms with van der Waals surface area (Å²) in [6.45, 7) is 0.660. The molecule has 0 atom stereocenters. The van der Waals surface area contributed by atoms with Gasteiger partial charge in [-0.25, -0.2) is 9.78 Å². The number of dihydropyridines is 1. The van der Waals surface area contributed by atoms with Gasteiger partial charge in [0.15, 0.2) is 5.69 Å². The third-order valence-electron chi connectivity index (χ3n) is 1.85. The molecule has 78 valence electrons. The van der Waals surface area contributed by atoms with Gasteiger partial charge in [0.05, 0.1) is 12.1 Å². The van der Waals surface area contributed by atoms with E-state index in [-0.39, 0.29) is 5.69 Å². The lowest BCUT2D eigenvalue weighted by molar-refractivity contribution is 0.0692. The molecule has 0 spiro atoms. The Labute approximate surface area is 90.2 Å². The minimum atomic E-state index is -1.02. The van der Waals surface area contributed by atoms with Crippen LogP contribution in [0.5, 0.6) is 0 Å². The molecule has 0 saturated carbocycles. The van der Waals surface area contributed by atoms with E-state index in [2.05, 4.69) is 15.6 Å². The lowest BCUT2D eigenvalue weighted by atomic mass is 10.3. The molecule has 6 heteroatoms. The third-order valence-corrected chi connectivity index (χ3v) is 2.59. The van der Waals surface area contributed by atoms with Gasteiger partial charge in [-0.1, -0.05) is 0 Å². The van der Waals surface area contributed by atoms with Gasteiger partial charge in [-0.05, 0) is 18.4 Å². The number of rotatable bonds is 3. The molecule has 3 N–H and O–H groups in total. The number of nitrogens with one attached hydrogen (secondary N) is 2. The Morgan fingerprint density at radius 2 is 2.53 bits per heavy atom. The first-order valence-corrected chi connectivity index (χ1v) is 5.18. The second-order valence-corrected chi connectivity index (χ2v) is 3.75. The molecule has 0 aromatic carbocycles. The van der Waals surface area contributed by atoms with Crippen molar-refractivity contribution in [3.05, 3.63) is 35.3 Å². The lowest BCUT2D eigenvalue weighted by Crippen LogP contribution is -2.18. The van der Waals surface area contributed by atoms with Gasteiger partial charge in [-0.2, -0.15) is 0 Å². The number of anilines is 1. The molecule has 1 aliphatic heterocycles. The van der Waals surface area contributed by atoms with Crippen LogP contribution in [0, 0.1) is 0 Å². The van der Waals surface area contributed by atoms with Gasteiger partial charge in [0, 0.05) is 5.70 Å². The molecule has 1 aromatic rings. The van der Waals surface area contributed by atoms with E-state index < -0.39 is 5.97 Å². The number of aromatic carboxylic acids is 1. The van der Waals surface area contributed by atoms with Gasteiger partial charge < -0.3 is 15.7 Å². The summed E-state index contributed by atoms with van der Waals surface area (Å²) in [5, 5.41) is 15.5. The van der Waals surface area contributed by atoms with Gasteiger partial charge in [0.1, 0.15) is 5.00 Å². The first kappa shape index (κ1) is 9.72. The highest BCUT2D eigenvalue weighted by molar-refractivity contribution is 7.14. The SMILES string of the molecule is O=C(O)c1ncsc1NC1=CC=CNC1. The molecule has 5 nitrogen and oxygen atoms in total. The van der Waals surface area contributed by atoms with Gasteiger partial charge >= 0.3 is 5.97 Å². The fraction of sp³-hybridized carbons (Fsp3) is 0.111. The van der Waals surface area contributed by atoms with E-state index in [9.17, 15) is 4.79 Å². The molecule has 2 rings (SSSR count). The van der Waals surface area contributed by atoms with E-state index in [0.717, 1.165) is 5.70 Å². The maximum atomic E-state index is 10.8. The van der Waals surface area contributed by atoms with Crippen LogP contribution in [0.2, 0.25) is 0 Å². The molecule has 1 aromatic heterocycles. The van der Waals surface area contributed by atoms with Crippen molar-refractivity contribution in [3.8, 4) is 0 Å². The Kier molecular flexibility index (Phi) is 2.68. The topological polar surface area (TPSA) is 74.2 Å².